The molecule has 6 heteroatoms. The van der Waals surface area contributed by atoms with Crippen molar-refractivity contribution >= 4 is 23.9 Å². The normalized spacial score (nSPS) is 12.8. The van der Waals surface area contributed by atoms with Gasteiger partial charge in [-0.2, -0.15) is 0 Å². The van der Waals surface area contributed by atoms with Crippen LogP contribution in [0.15, 0.2) is 91.0 Å². The second-order valence-electron chi connectivity index (χ2n) is 7.64. The van der Waals surface area contributed by atoms with E-state index in [1.807, 2.05) is 91.0 Å². The minimum atomic E-state index is -5.06. The van der Waals surface area contributed by atoms with E-state index in [4.69, 9.17) is 6.33 Å². The molecule has 4 nitrogen and oxygen atoms in total. The first kappa shape index (κ1) is 21.1. The van der Waals surface area contributed by atoms with Crippen molar-refractivity contribution in [1.82, 2.24) is 0 Å². The van der Waals surface area contributed by atoms with Crippen LogP contribution in [-0.4, -0.2) is 21.3 Å². The number of benzene rings is 3. The fourth-order valence-electron chi connectivity index (χ4n) is 3.31. The molecular weight excluding hydrogens is 404 g/mol. The van der Waals surface area contributed by atoms with Gasteiger partial charge in [0.2, 0.25) is 0 Å². The summed E-state index contributed by atoms with van der Waals surface area (Å²) < 4.78 is 33.8. The molecule has 0 saturated carbocycles. The molecule has 146 valence electrons. The standard InChI is InChI=1S/C18H15OSi.C4H9O.2H2O.Ti/c19-20(16-10-4-1-5-11-16,17-12-6-2-7-13-17)18-14-8-3-9-15-18;1-4(2,3)5;;;/h1-15H;1-3H3;2*1H2;/q2*-1;;;+4/p-2. The van der Waals surface area contributed by atoms with Crippen LogP contribution < -0.4 is 15.6 Å². The maximum atomic E-state index is 10.9. The fraction of sp³-hybridized carbons (Fsp3) is 0.182. The van der Waals surface area contributed by atoms with Crippen molar-refractivity contribution in [3.8, 4) is 0 Å². The van der Waals surface area contributed by atoms with Crippen molar-refractivity contribution in [1.29, 1.82) is 0 Å². The van der Waals surface area contributed by atoms with Crippen LogP contribution in [0.1, 0.15) is 20.8 Å². The summed E-state index contributed by atoms with van der Waals surface area (Å²) in [6.45, 7) is 5.37. The van der Waals surface area contributed by atoms with E-state index in [0.29, 0.717) is 0 Å². The summed E-state index contributed by atoms with van der Waals surface area (Å²) in [6, 6.07) is 29.4. The van der Waals surface area contributed by atoms with Gasteiger partial charge in [-0.3, -0.25) is 0 Å². The molecule has 0 heterocycles. The van der Waals surface area contributed by atoms with Crippen molar-refractivity contribution in [3.05, 3.63) is 91.0 Å². The Morgan fingerprint density at radius 2 is 0.964 bits per heavy atom. The zero-order valence-corrected chi connectivity index (χ0v) is 18.9. The van der Waals surface area contributed by atoms with Crippen LogP contribution in [0.5, 0.6) is 0 Å². The number of hydrogen-bond acceptors (Lipinski definition) is 4. The first-order valence-corrected chi connectivity index (χ1v) is 13.8. The summed E-state index contributed by atoms with van der Waals surface area (Å²) in [5.74, 6) is 0. The molecule has 0 amide bonds. The minimum absolute atomic E-state index is 0.728. The number of hydrogen-bond donors (Lipinski definition) is 2. The molecule has 0 bridgehead atoms. The van der Waals surface area contributed by atoms with Gasteiger partial charge >= 0.3 is 173 Å². The van der Waals surface area contributed by atoms with E-state index in [2.05, 4.69) is 0 Å². The third-order valence-corrected chi connectivity index (χ3v) is 12.3. The zero-order valence-electron chi connectivity index (χ0n) is 16.4. The second kappa shape index (κ2) is 8.43. The molecule has 28 heavy (non-hydrogen) atoms. The van der Waals surface area contributed by atoms with Gasteiger partial charge in [-0.15, -0.1) is 0 Å². The quantitative estimate of drug-likeness (QED) is 0.466. The Bertz CT molecular complexity index is 784. The SMILES string of the molecule is CC(C)(C)[O][Ti]([OH])([OH])[O][Si](c1ccccc1)(c1ccccc1)c1ccccc1. The average molecular weight is 430 g/mol. The summed E-state index contributed by atoms with van der Waals surface area (Å²) in [4.78, 5) is 0. The van der Waals surface area contributed by atoms with Crippen molar-refractivity contribution in [3.63, 3.8) is 0 Å². The third kappa shape index (κ3) is 4.88. The first-order chi connectivity index (χ1) is 13.2. The van der Waals surface area contributed by atoms with E-state index in [1.54, 1.807) is 20.8 Å². The molecule has 3 aromatic carbocycles. The molecule has 3 aromatic rings. The van der Waals surface area contributed by atoms with E-state index in [9.17, 15) is 7.38 Å². The number of rotatable bonds is 6. The van der Waals surface area contributed by atoms with Gasteiger partial charge in [-0.25, -0.2) is 0 Å². The average Bonchev–Trinajstić information content (AvgIpc) is 2.66. The van der Waals surface area contributed by atoms with Crippen LogP contribution in [0.25, 0.3) is 0 Å². The molecule has 0 aliphatic rings. The molecule has 0 aliphatic heterocycles. The molecular formula is C22H26O4SiTi. The summed E-state index contributed by atoms with van der Waals surface area (Å²) in [5, 5.41) is 2.80. The van der Waals surface area contributed by atoms with Gasteiger partial charge in [0.05, 0.1) is 0 Å². The molecule has 2 N–H and O–H groups in total. The summed E-state index contributed by atoms with van der Waals surface area (Å²) >= 11 is -5.06. The molecule has 3 rings (SSSR count). The van der Waals surface area contributed by atoms with Gasteiger partial charge in [-0.05, 0) is 0 Å². The van der Waals surface area contributed by atoms with E-state index >= 15 is 0 Å². The fourth-order valence-corrected chi connectivity index (χ4v) is 12.1. The van der Waals surface area contributed by atoms with Crippen LogP contribution in [0, 0.1) is 0 Å². The summed E-state index contributed by atoms with van der Waals surface area (Å²) in [7, 11) is -3.20. The van der Waals surface area contributed by atoms with Crippen LogP contribution >= 0.6 is 0 Å². The molecule has 0 unspecified atom stereocenters. The Hall–Kier alpha value is -1.57. The van der Waals surface area contributed by atoms with Gasteiger partial charge in [0.1, 0.15) is 0 Å². The maximum absolute atomic E-state index is 10.9. The summed E-state index contributed by atoms with van der Waals surface area (Å²) in [5.41, 5.74) is -0.728. The predicted octanol–water partition coefficient (Wildman–Crippen LogP) is 2.28. The van der Waals surface area contributed by atoms with Crippen molar-refractivity contribution in [2.75, 3.05) is 0 Å². The second-order valence-corrected chi connectivity index (χ2v) is 13.9. The first-order valence-electron chi connectivity index (χ1n) is 9.25. The van der Waals surface area contributed by atoms with Crippen LogP contribution in [-0.2, 0) is 24.5 Å². The molecule has 0 saturated heterocycles. The Balaban J connectivity index is 2.25. The van der Waals surface area contributed by atoms with Gasteiger partial charge in [0.15, 0.2) is 0 Å². The van der Waals surface area contributed by atoms with Crippen LogP contribution in [0.2, 0.25) is 0 Å². The van der Waals surface area contributed by atoms with E-state index in [0.717, 1.165) is 15.6 Å². The van der Waals surface area contributed by atoms with E-state index in [-0.39, 0.29) is 0 Å². The van der Waals surface area contributed by atoms with Crippen molar-refractivity contribution in [2.45, 2.75) is 26.4 Å². The third-order valence-electron chi connectivity index (χ3n) is 4.27. The van der Waals surface area contributed by atoms with Crippen molar-refractivity contribution in [2.24, 2.45) is 0 Å². The molecule has 0 fully saturated rings. The van der Waals surface area contributed by atoms with Gasteiger partial charge < -0.3 is 0 Å². The Morgan fingerprint density at radius 1 is 0.643 bits per heavy atom. The Kier molecular flexibility index (Phi) is 6.37. The van der Waals surface area contributed by atoms with Gasteiger partial charge in [0, 0.05) is 0 Å². The van der Waals surface area contributed by atoms with Crippen molar-refractivity contribution < 1.29 is 31.8 Å². The van der Waals surface area contributed by atoms with E-state index < -0.39 is 32.1 Å². The Labute approximate surface area is 172 Å². The monoisotopic (exact) mass is 430 g/mol. The topological polar surface area (TPSA) is 58.9 Å². The molecule has 0 atom stereocenters. The summed E-state index contributed by atoms with van der Waals surface area (Å²) in [6.07, 6.45) is 0. The molecule has 0 aromatic heterocycles. The molecule has 0 spiro atoms. The van der Waals surface area contributed by atoms with E-state index in [1.165, 1.54) is 0 Å². The van der Waals surface area contributed by atoms with Gasteiger partial charge in [0.25, 0.3) is 0 Å². The van der Waals surface area contributed by atoms with Crippen LogP contribution in [0.3, 0.4) is 0 Å². The van der Waals surface area contributed by atoms with Crippen LogP contribution in [0.4, 0.5) is 0 Å². The zero-order chi connectivity index (χ0) is 20.3. The molecule has 0 aliphatic carbocycles. The molecule has 0 radical (unpaired) electrons. The predicted molar refractivity (Wildman–Crippen MR) is 110 cm³/mol. The van der Waals surface area contributed by atoms with Gasteiger partial charge in [-0.1, -0.05) is 0 Å². The Morgan fingerprint density at radius 3 is 1.25 bits per heavy atom.